The first-order valence-electron chi connectivity index (χ1n) is 11.4. The quantitative estimate of drug-likeness (QED) is 0.391. The summed E-state index contributed by atoms with van der Waals surface area (Å²) in [6.45, 7) is 0. The van der Waals surface area contributed by atoms with Crippen molar-refractivity contribution in [3.63, 3.8) is 0 Å². The Bertz CT molecular complexity index is 1550. The lowest BCUT2D eigenvalue weighted by Crippen LogP contribution is -2.45. The highest BCUT2D eigenvalue weighted by Gasteiger charge is 2.56. The number of nitrogens with one attached hydrogen (secondary N) is 3. The third-order valence-corrected chi connectivity index (χ3v) is 6.61. The molecule has 0 unspecified atom stereocenters. The van der Waals surface area contributed by atoms with E-state index in [-0.39, 0.29) is 23.4 Å². The predicted molar refractivity (Wildman–Crippen MR) is 128 cm³/mol. The monoisotopic (exact) mass is 484 g/mol. The molecule has 3 atom stereocenters. The van der Waals surface area contributed by atoms with Crippen molar-refractivity contribution in [2.75, 3.05) is 5.32 Å². The molecule has 3 N–H and O–H groups in total. The maximum Gasteiger partial charge on any atom is 0.439 e. The van der Waals surface area contributed by atoms with E-state index in [0.717, 1.165) is 12.0 Å². The van der Waals surface area contributed by atoms with Crippen molar-refractivity contribution in [2.24, 2.45) is 5.92 Å². The average Bonchev–Trinajstić information content (AvgIpc) is 3.34. The highest BCUT2D eigenvalue weighted by molar-refractivity contribution is 6.02. The van der Waals surface area contributed by atoms with Gasteiger partial charge in [0.25, 0.3) is 11.5 Å². The fourth-order valence-corrected chi connectivity index (χ4v) is 4.71. The Balaban J connectivity index is 1.16. The maximum absolute atomic E-state index is 13.4. The van der Waals surface area contributed by atoms with E-state index in [1.807, 2.05) is 0 Å². The van der Waals surface area contributed by atoms with E-state index in [1.165, 1.54) is 6.07 Å². The van der Waals surface area contributed by atoms with Gasteiger partial charge in [0.2, 0.25) is 5.91 Å². The number of aromatic amines is 2. The van der Waals surface area contributed by atoms with Gasteiger partial charge in [0.1, 0.15) is 6.04 Å². The number of benzene rings is 2. The van der Waals surface area contributed by atoms with Gasteiger partial charge in [-0.2, -0.15) is 5.10 Å². The number of amides is 2. The van der Waals surface area contributed by atoms with Gasteiger partial charge in [-0.15, -0.1) is 0 Å². The number of rotatable bonds is 5. The molecule has 2 fully saturated rings. The summed E-state index contributed by atoms with van der Waals surface area (Å²) < 4.78 is 4.52. The molecule has 11 nitrogen and oxygen atoms in total. The largest absolute Gasteiger partial charge is 0.439 e. The molecule has 180 valence electrons. The van der Waals surface area contributed by atoms with Gasteiger partial charge in [-0.1, -0.05) is 17.3 Å². The third-order valence-electron chi connectivity index (χ3n) is 6.61. The number of piperidine rings is 1. The Labute approximate surface area is 203 Å². The van der Waals surface area contributed by atoms with Crippen molar-refractivity contribution in [3.8, 4) is 22.6 Å². The van der Waals surface area contributed by atoms with Crippen molar-refractivity contribution < 1.29 is 14.1 Å². The molecule has 0 bridgehead atoms. The number of carbonyl (C=O) groups excluding carboxylic acids is 2. The number of carbonyl (C=O) groups is 2. The van der Waals surface area contributed by atoms with Crippen LogP contribution in [0.3, 0.4) is 0 Å². The molecule has 1 saturated heterocycles. The second-order valence-corrected chi connectivity index (χ2v) is 8.92. The average molecular weight is 484 g/mol. The van der Waals surface area contributed by atoms with Gasteiger partial charge in [-0.25, -0.2) is 9.89 Å². The van der Waals surface area contributed by atoms with Crippen LogP contribution in [0.5, 0.6) is 0 Å². The molecule has 2 aromatic heterocycles. The van der Waals surface area contributed by atoms with Crippen LogP contribution in [0.4, 0.5) is 5.69 Å². The Hall–Kier alpha value is -4.80. The van der Waals surface area contributed by atoms with Gasteiger partial charge < -0.3 is 10.2 Å². The highest BCUT2D eigenvalue weighted by atomic mass is 16.5. The van der Waals surface area contributed by atoms with Crippen LogP contribution in [0.25, 0.3) is 22.6 Å². The molecule has 6 rings (SSSR count). The van der Waals surface area contributed by atoms with Crippen LogP contribution in [0.1, 0.15) is 23.2 Å². The minimum Gasteiger partial charge on any atom is -0.324 e. The number of hydrogen-bond donors (Lipinski definition) is 3. The van der Waals surface area contributed by atoms with Crippen molar-refractivity contribution >= 4 is 17.5 Å². The lowest BCUT2D eigenvalue weighted by Gasteiger charge is -2.27. The Morgan fingerprint density at radius 1 is 0.944 bits per heavy atom. The number of likely N-dealkylation sites (tertiary alicyclic amines) is 1. The van der Waals surface area contributed by atoms with Crippen LogP contribution in [0, 0.1) is 5.92 Å². The Morgan fingerprint density at radius 3 is 2.36 bits per heavy atom. The first-order chi connectivity index (χ1) is 17.5. The first-order valence-corrected chi connectivity index (χ1v) is 11.4. The van der Waals surface area contributed by atoms with Crippen LogP contribution >= 0.6 is 0 Å². The summed E-state index contributed by atoms with van der Waals surface area (Å²) in [6.07, 6.45) is 1.53. The van der Waals surface area contributed by atoms with Gasteiger partial charge >= 0.3 is 5.76 Å². The molecule has 2 aromatic carbocycles. The lowest BCUT2D eigenvalue weighted by molar-refractivity contribution is -0.120. The normalized spacial score (nSPS) is 20.1. The van der Waals surface area contributed by atoms with Crippen LogP contribution in [0.15, 0.2) is 74.8 Å². The van der Waals surface area contributed by atoms with E-state index in [9.17, 15) is 19.2 Å². The summed E-state index contributed by atoms with van der Waals surface area (Å²) in [5, 5.41) is 12.9. The summed E-state index contributed by atoms with van der Waals surface area (Å²) in [5.41, 5.74) is 2.76. The zero-order valence-corrected chi connectivity index (χ0v) is 18.8. The summed E-state index contributed by atoms with van der Waals surface area (Å²) in [7, 11) is 0. The van der Waals surface area contributed by atoms with E-state index in [0.29, 0.717) is 40.7 Å². The van der Waals surface area contributed by atoms with Gasteiger partial charge in [-0.3, -0.25) is 23.9 Å². The fourth-order valence-electron chi connectivity index (χ4n) is 4.71. The predicted octanol–water partition coefficient (Wildman–Crippen LogP) is 2.02. The molecule has 0 radical (unpaired) electrons. The molecule has 4 aromatic rings. The summed E-state index contributed by atoms with van der Waals surface area (Å²) in [6, 6.07) is 16.3. The zero-order valence-electron chi connectivity index (χ0n) is 18.8. The molecule has 1 saturated carbocycles. The number of hydrogen-bond acceptors (Lipinski definition) is 7. The molecular weight excluding hydrogens is 464 g/mol. The number of fused-ring (bicyclic) bond motifs is 1. The van der Waals surface area contributed by atoms with Crippen molar-refractivity contribution in [1.82, 2.24) is 25.2 Å². The minimum absolute atomic E-state index is 0.0696. The van der Waals surface area contributed by atoms with Crippen LogP contribution in [-0.2, 0) is 4.79 Å². The van der Waals surface area contributed by atoms with E-state index < -0.39 is 11.8 Å². The van der Waals surface area contributed by atoms with Crippen LogP contribution < -0.4 is 16.6 Å². The van der Waals surface area contributed by atoms with Crippen molar-refractivity contribution in [2.45, 2.75) is 24.9 Å². The molecule has 2 aliphatic rings. The molecule has 1 aliphatic carbocycles. The lowest BCUT2D eigenvalue weighted by atomic mass is 10.1. The van der Waals surface area contributed by atoms with E-state index in [2.05, 4.69) is 30.2 Å². The number of H-pyrrole nitrogens is 2. The molecule has 0 spiro atoms. The first kappa shape index (κ1) is 21.7. The smallest absolute Gasteiger partial charge is 0.324 e. The SMILES string of the molecule is O=C(Nc1ccc(-c2noc(=O)[nH]2)cc1)[C@H]1C[C@@H]2C[C@@H]2N1C(=O)c1ccc(-c2ccc(=O)[nH]n2)cc1. The van der Waals surface area contributed by atoms with Gasteiger partial charge in [0.05, 0.1) is 5.69 Å². The Kier molecular flexibility index (Phi) is 5.10. The fraction of sp³-hybridized carbons (Fsp3) is 0.200. The summed E-state index contributed by atoms with van der Waals surface area (Å²) in [5.74, 6) is -0.443. The second kappa shape index (κ2) is 8.45. The van der Waals surface area contributed by atoms with Crippen molar-refractivity contribution in [3.05, 3.63) is 87.1 Å². The number of nitrogens with zero attached hydrogens (tertiary/aromatic N) is 3. The second-order valence-electron chi connectivity index (χ2n) is 8.92. The number of aromatic nitrogens is 4. The third kappa shape index (κ3) is 4.00. The highest BCUT2D eigenvalue weighted by Crippen LogP contribution is 2.48. The van der Waals surface area contributed by atoms with Gasteiger partial charge in [-0.05, 0) is 61.2 Å². The molecule has 3 heterocycles. The topological polar surface area (TPSA) is 154 Å². The molecule has 36 heavy (non-hydrogen) atoms. The van der Waals surface area contributed by atoms with E-state index in [1.54, 1.807) is 59.5 Å². The standard InChI is InChI=1S/C25H20N6O5/c32-21-10-9-18(28-29-21)13-1-3-15(4-2-13)24(34)31-19-11-16(19)12-20(31)23(33)26-17-7-5-14(6-8-17)22-27-25(35)36-30-22/h1-10,16,19-20H,11-12H2,(H,26,33)(H,29,32)(H,27,30,35)/t16-,19-,20+/m0/s1. The van der Waals surface area contributed by atoms with Crippen LogP contribution in [-0.4, -0.2) is 49.1 Å². The van der Waals surface area contributed by atoms with E-state index >= 15 is 0 Å². The zero-order chi connectivity index (χ0) is 24.8. The molecule has 1 aliphatic heterocycles. The molecule has 11 heteroatoms. The minimum atomic E-state index is -0.644. The van der Waals surface area contributed by atoms with Gasteiger partial charge in [0, 0.05) is 34.5 Å². The number of anilines is 1. The van der Waals surface area contributed by atoms with Gasteiger partial charge in [0.15, 0.2) is 5.82 Å². The summed E-state index contributed by atoms with van der Waals surface area (Å²) in [4.78, 5) is 53.1. The maximum atomic E-state index is 13.4. The summed E-state index contributed by atoms with van der Waals surface area (Å²) >= 11 is 0. The van der Waals surface area contributed by atoms with Crippen molar-refractivity contribution in [1.29, 1.82) is 0 Å². The molecular formula is C25H20N6O5. The van der Waals surface area contributed by atoms with E-state index in [4.69, 9.17) is 0 Å². The van der Waals surface area contributed by atoms with Crippen LogP contribution in [0.2, 0.25) is 0 Å². The Morgan fingerprint density at radius 2 is 1.69 bits per heavy atom. The molecule has 2 amide bonds.